The van der Waals surface area contributed by atoms with Crippen LogP contribution < -0.4 is 18.9 Å². The van der Waals surface area contributed by atoms with Crippen LogP contribution in [0.2, 0.25) is 0 Å². The zero-order valence-electron chi connectivity index (χ0n) is 40.2. The van der Waals surface area contributed by atoms with Gasteiger partial charge in [0.05, 0.1) is 14.2 Å². The molecular formula is C55H72O8. The smallest absolute Gasteiger partial charge is 0.308 e. The van der Waals surface area contributed by atoms with Crippen molar-refractivity contribution in [2.45, 2.75) is 113 Å². The van der Waals surface area contributed by atoms with E-state index in [-0.39, 0.29) is 39.8 Å². The van der Waals surface area contributed by atoms with Crippen LogP contribution in [0.1, 0.15) is 119 Å². The second-order valence-electron chi connectivity index (χ2n) is 17.6. The maximum Gasteiger partial charge on any atom is 0.308 e. The summed E-state index contributed by atoms with van der Waals surface area (Å²) in [5, 5.41) is 0. The van der Waals surface area contributed by atoms with Gasteiger partial charge in [-0.3, -0.25) is 9.59 Å². The van der Waals surface area contributed by atoms with Crippen LogP contribution >= 0.6 is 0 Å². The molecule has 5 aromatic rings. The Kier molecular flexibility index (Phi) is 24.3. The number of rotatable bonds is 6. The van der Waals surface area contributed by atoms with Crippen LogP contribution in [-0.4, -0.2) is 37.7 Å². The summed E-state index contributed by atoms with van der Waals surface area (Å²) in [4.78, 5) is 41.0. The normalized spacial score (nSPS) is 15.6. The molecular weight excluding hydrogens is 789 g/mol. The molecule has 0 spiro atoms. The number of ether oxygens (including phenoxy) is 4. The molecule has 8 heteroatoms. The first-order valence-corrected chi connectivity index (χ1v) is 21.3. The minimum absolute atomic E-state index is 0.0534. The molecule has 1 aliphatic rings. The lowest BCUT2D eigenvalue weighted by Gasteiger charge is -2.48. The van der Waals surface area contributed by atoms with E-state index in [0.717, 1.165) is 29.9 Å². The summed E-state index contributed by atoms with van der Waals surface area (Å²) in [5.74, 6) is 3.19. The molecule has 1 fully saturated rings. The van der Waals surface area contributed by atoms with Crippen LogP contribution in [0, 0.1) is 11.3 Å². The predicted molar refractivity (Wildman–Crippen MR) is 257 cm³/mol. The van der Waals surface area contributed by atoms with E-state index in [1.807, 2.05) is 97.1 Å². The Morgan fingerprint density at radius 3 is 1.19 bits per heavy atom. The maximum atomic E-state index is 11.2. The Morgan fingerprint density at radius 2 is 0.873 bits per heavy atom. The van der Waals surface area contributed by atoms with Crippen molar-refractivity contribution in [1.82, 2.24) is 0 Å². The molecule has 1 saturated carbocycles. The van der Waals surface area contributed by atoms with Gasteiger partial charge in [-0.05, 0) is 117 Å². The van der Waals surface area contributed by atoms with Crippen molar-refractivity contribution in [3.8, 4) is 23.0 Å². The average molecular weight is 861 g/mol. The Bertz CT molecular complexity index is 1960. The summed E-state index contributed by atoms with van der Waals surface area (Å²) < 4.78 is 20.9. The highest BCUT2D eigenvalue weighted by Gasteiger charge is 2.45. The van der Waals surface area contributed by atoms with Crippen molar-refractivity contribution in [2.24, 2.45) is 11.3 Å². The molecule has 63 heavy (non-hydrogen) atoms. The molecule has 0 aromatic heterocycles. The van der Waals surface area contributed by atoms with Gasteiger partial charge in [0, 0.05) is 24.8 Å². The van der Waals surface area contributed by atoms with E-state index in [1.165, 1.54) is 59.1 Å². The highest BCUT2D eigenvalue weighted by atomic mass is 16.5. The van der Waals surface area contributed by atoms with Gasteiger partial charge in [0.1, 0.15) is 34.6 Å². The largest absolute Gasteiger partial charge is 0.497 e. The first-order valence-electron chi connectivity index (χ1n) is 21.3. The maximum absolute atomic E-state index is 11.2. The lowest BCUT2D eigenvalue weighted by molar-refractivity contribution is -0.132. The Labute approximate surface area is 378 Å². The molecule has 0 aliphatic heterocycles. The zero-order valence-corrected chi connectivity index (χ0v) is 40.2. The zero-order chi connectivity index (χ0) is 47.6. The van der Waals surface area contributed by atoms with E-state index in [0.29, 0.717) is 17.4 Å². The predicted octanol–water partition coefficient (Wildman–Crippen LogP) is 13.2. The van der Waals surface area contributed by atoms with Crippen molar-refractivity contribution in [2.75, 3.05) is 14.2 Å². The molecule has 0 radical (unpaired) electrons. The summed E-state index contributed by atoms with van der Waals surface area (Å²) in [6.45, 7) is 22.3. The fourth-order valence-corrected chi connectivity index (χ4v) is 7.37. The van der Waals surface area contributed by atoms with Crippen molar-refractivity contribution in [3.63, 3.8) is 0 Å². The fourth-order valence-electron chi connectivity index (χ4n) is 7.37. The van der Waals surface area contributed by atoms with Gasteiger partial charge in [0.25, 0.3) is 0 Å². The Hall–Kier alpha value is -6.02. The van der Waals surface area contributed by atoms with Crippen molar-refractivity contribution in [3.05, 3.63) is 156 Å². The lowest BCUT2D eigenvalue weighted by atomic mass is 9.55. The summed E-state index contributed by atoms with van der Waals surface area (Å²) in [6.07, 6.45) is 3.43. The van der Waals surface area contributed by atoms with E-state index in [2.05, 4.69) is 77.9 Å². The molecule has 0 bridgehead atoms. The van der Waals surface area contributed by atoms with E-state index in [4.69, 9.17) is 18.9 Å². The third-order valence-corrected chi connectivity index (χ3v) is 9.26. The van der Waals surface area contributed by atoms with E-state index in [1.54, 1.807) is 20.3 Å². The van der Waals surface area contributed by atoms with Crippen molar-refractivity contribution >= 4 is 23.5 Å². The van der Waals surface area contributed by atoms with Gasteiger partial charge in [0.15, 0.2) is 0 Å². The minimum Gasteiger partial charge on any atom is -0.497 e. The van der Waals surface area contributed by atoms with Crippen LogP contribution in [-0.2, 0) is 30.0 Å². The average Bonchev–Trinajstić information content (AvgIpc) is 3.21. The standard InChI is InChI=1S/C24H30O3.C13H18O3.2C6H6.2C3H6O/c1-17-14-23(3,4)16-24(15-17,19-6-10-21(26-5)11-7-19)20-8-12-22(13-9-20)27-18(2)25;1-9(14)16-10-6-7-12(15-5)11(8-10)13(2,3)4;2*1-2-4-6-5-3-1;2*1-3(2)4/h6-13,17H,14-16H2,1-5H3;6-8H,1-5H3;2*1-6H;2*1-2H3. The Balaban J connectivity index is 0.000000459. The summed E-state index contributed by atoms with van der Waals surface area (Å²) in [6, 6.07) is 46.0. The van der Waals surface area contributed by atoms with Crippen LogP contribution in [0.25, 0.3) is 0 Å². The summed E-state index contributed by atoms with van der Waals surface area (Å²) in [5.41, 5.74) is 3.77. The van der Waals surface area contributed by atoms with Gasteiger partial charge < -0.3 is 28.5 Å². The van der Waals surface area contributed by atoms with E-state index < -0.39 is 0 Å². The second kappa shape index (κ2) is 27.8. The number of methoxy groups -OCH3 is 2. The molecule has 6 rings (SSSR count). The van der Waals surface area contributed by atoms with Crippen LogP contribution in [0.4, 0.5) is 0 Å². The van der Waals surface area contributed by atoms with Gasteiger partial charge in [-0.2, -0.15) is 0 Å². The van der Waals surface area contributed by atoms with Gasteiger partial charge >= 0.3 is 11.9 Å². The monoisotopic (exact) mass is 861 g/mol. The third kappa shape index (κ3) is 22.6. The van der Waals surface area contributed by atoms with Crippen LogP contribution in [0.15, 0.2) is 140 Å². The summed E-state index contributed by atoms with van der Waals surface area (Å²) in [7, 11) is 3.33. The van der Waals surface area contributed by atoms with Gasteiger partial charge in [-0.15, -0.1) is 0 Å². The van der Waals surface area contributed by atoms with Gasteiger partial charge in [-0.1, -0.05) is 139 Å². The first-order chi connectivity index (χ1) is 29.5. The molecule has 0 saturated heterocycles. The molecule has 340 valence electrons. The molecule has 8 nitrogen and oxygen atoms in total. The molecule has 1 aliphatic carbocycles. The van der Waals surface area contributed by atoms with E-state index in [9.17, 15) is 19.2 Å². The summed E-state index contributed by atoms with van der Waals surface area (Å²) >= 11 is 0. The Morgan fingerprint density at radius 1 is 0.524 bits per heavy atom. The number of carbonyl (C=O) groups is 4. The number of Topliss-reactive ketones (excluding diaryl/α,β-unsaturated/α-hetero) is 2. The van der Waals surface area contributed by atoms with Crippen molar-refractivity contribution < 1.29 is 38.1 Å². The number of hydrogen-bond donors (Lipinski definition) is 0. The van der Waals surface area contributed by atoms with Crippen molar-refractivity contribution in [1.29, 1.82) is 0 Å². The molecule has 0 N–H and O–H groups in total. The minimum atomic E-state index is -0.315. The first kappa shape index (κ1) is 55.0. The van der Waals surface area contributed by atoms with Crippen LogP contribution in [0.3, 0.4) is 0 Å². The van der Waals surface area contributed by atoms with Gasteiger partial charge in [-0.25, -0.2) is 0 Å². The topological polar surface area (TPSA) is 105 Å². The highest BCUT2D eigenvalue weighted by molar-refractivity contribution is 5.72. The lowest BCUT2D eigenvalue weighted by Crippen LogP contribution is -2.41. The molecule has 2 unspecified atom stereocenters. The third-order valence-electron chi connectivity index (χ3n) is 9.26. The SMILES string of the molecule is CC(C)=O.CC(C)=O.COc1ccc(C2(c3ccc(OC(C)=O)cc3)CC(C)CC(C)(C)C2)cc1.COc1ccc(OC(C)=O)cc1C(C)(C)C.c1ccccc1.c1ccccc1. The molecule has 5 aromatic carbocycles. The number of ketones is 2. The second-order valence-corrected chi connectivity index (χ2v) is 17.6. The van der Waals surface area contributed by atoms with Gasteiger partial charge in [0.2, 0.25) is 0 Å². The molecule has 2 atom stereocenters. The number of carbonyl (C=O) groups excluding carboxylic acids is 4. The number of esters is 2. The van der Waals surface area contributed by atoms with E-state index >= 15 is 0 Å². The fraction of sp³-hybridized carbons (Fsp3) is 0.382. The number of benzene rings is 5. The van der Waals surface area contributed by atoms with Crippen LogP contribution in [0.5, 0.6) is 23.0 Å². The quantitative estimate of drug-likeness (QED) is 0.123. The molecule has 0 heterocycles. The molecule has 0 amide bonds. The number of hydrogen-bond acceptors (Lipinski definition) is 8. The highest BCUT2D eigenvalue weighted by Crippen LogP contribution is 2.53.